The molecule has 1 aliphatic rings. The average Bonchev–Trinajstić information content (AvgIpc) is 3.16. The van der Waals surface area contributed by atoms with E-state index in [-0.39, 0.29) is 42.6 Å². The van der Waals surface area contributed by atoms with E-state index in [1.165, 1.54) is 0 Å². The van der Waals surface area contributed by atoms with Crippen molar-refractivity contribution >= 4 is 23.3 Å². The highest BCUT2D eigenvalue weighted by Crippen LogP contribution is 2.45. The van der Waals surface area contributed by atoms with Crippen molar-refractivity contribution in [1.29, 1.82) is 15.8 Å². The summed E-state index contributed by atoms with van der Waals surface area (Å²) in [4.78, 5) is 25.7. The molecular weight excluding hydrogens is 486 g/mol. The van der Waals surface area contributed by atoms with Gasteiger partial charge >= 0.3 is 12.1 Å². The van der Waals surface area contributed by atoms with E-state index in [1.807, 2.05) is 43.1 Å². The summed E-state index contributed by atoms with van der Waals surface area (Å²) in [6.45, 7) is 9.86. The molecule has 1 aromatic rings. The first-order chi connectivity index (χ1) is 17.9. The van der Waals surface area contributed by atoms with E-state index in [9.17, 15) is 25.4 Å². The summed E-state index contributed by atoms with van der Waals surface area (Å²) in [6, 6.07) is 13.0. The van der Waals surface area contributed by atoms with Gasteiger partial charge in [0.25, 0.3) is 0 Å². The lowest BCUT2D eigenvalue weighted by atomic mass is 9.89. The van der Waals surface area contributed by atoms with Gasteiger partial charge in [0.2, 0.25) is 0 Å². The number of amides is 1. The molecule has 1 heterocycles. The number of anilines is 1. The second-order valence-corrected chi connectivity index (χ2v) is 9.81. The van der Waals surface area contributed by atoms with Crippen LogP contribution in [0, 0.1) is 39.4 Å². The lowest BCUT2D eigenvalue weighted by Crippen LogP contribution is -2.33. The van der Waals surface area contributed by atoms with E-state index in [2.05, 4.69) is 11.4 Å². The molecule has 0 radical (unpaired) electrons. The lowest BCUT2D eigenvalue weighted by molar-refractivity contribution is -0.153. The fraction of sp³-hybridized carbons (Fsp3) is 0.464. The molecule has 1 aliphatic heterocycles. The number of carbonyl (C=O) groups excluding carboxylic acids is 2. The molecule has 0 saturated heterocycles. The maximum Gasteiger partial charge on any atom is 0.407 e. The van der Waals surface area contributed by atoms with Crippen LogP contribution < -0.4 is 10.2 Å². The van der Waals surface area contributed by atoms with Crippen LogP contribution in [-0.2, 0) is 19.0 Å². The number of nitrogens with one attached hydrogen (secondary N) is 1. The first-order valence-corrected chi connectivity index (χ1v) is 12.2. The summed E-state index contributed by atoms with van der Waals surface area (Å²) in [6.07, 6.45) is 0.0592. The number of nitrogens with zero attached hydrogens (tertiary/aromatic N) is 4. The third-order valence-corrected chi connectivity index (χ3v) is 6.30. The van der Waals surface area contributed by atoms with E-state index in [4.69, 9.17) is 14.2 Å². The molecule has 0 fully saturated rings. The van der Waals surface area contributed by atoms with Gasteiger partial charge in [-0.3, -0.25) is 4.79 Å². The number of benzene rings is 1. The van der Waals surface area contributed by atoms with Crippen molar-refractivity contribution in [3.8, 4) is 18.2 Å². The predicted octanol–water partition coefficient (Wildman–Crippen LogP) is 4.22. The summed E-state index contributed by atoms with van der Waals surface area (Å²) in [5.74, 6) is -0.310. The van der Waals surface area contributed by atoms with Crippen LogP contribution in [0.2, 0.25) is 0 Å². The molecule has 10 nitrogen and oxygen atoms in total. The third-order valence-electron chi connectivity index (χ3n) is 6.30. The zero-order chi connectivity index (χ0) is 28.5. The van der Waals surface area contributed by atoms with E-state index in [0.717, 1.165) is 11.3 Å². The molecule has 1 N–H and O–H groups in total. The largest absolute Gasteiger partial charge is 0.480 e. The Morgan fingerprint density at radius 2 is 1.71 bits per heavy atom. The topological polar surface area (TPSA) is 148 Å². The van der Waals surface area contributed by atoms with Crippen LogP contribution in [0.3, 0.4) is 0 Å². The van der Waals surface area contributed by atoms with Crippen LogP contribution in [-0.4, -0.2) is 51.0 Å². The number of ether oxygens (including phenoxy) is 3. The van der Waals surface area contributed by atoms with Gasteiger partial charge in [-0.15, -0.1) is 0 Å². The third kappa shape index (κ3) is 7.05. The highest BCUT2D eigenvalue weighted by atomic mass is 16.6. The number of hydrogen-bond acceptors (Lipinski definition) is 9. The van der Waals surface area contributed by atoms with Crippen LogP contribution in [0.25, 0.3) is 5.57 Å². The van der Waals surface area contributed by atoms with Gasteiger partial charge in [-0.1, -0.05) is 19.1 Å². The second-order valence-electron chi connectivity index (χ2n) is 9.81. The van der Waals surface area contributed by atoms with Crippen LogP contribution in [0.1, 0.15) is 46.6 Å². The summed E-state index contributed by atoms with van der Waals surface area (Å²) in [5, 5.41) is 30.8. The van der Waals surface area contributed by atoms with Crippen molar-refractivity contribution in [3.63, 3.8) is 0 Å². The number of esters is 1. The minimum atomic E-state index is -0.904. The zero-order valence-corrected chi connectivity index (χ0v) is 22.7. The van der Waals surface area contributed by atoms with Crippen LogP contribution >= 0.6 is 0 Å². The van der Waals surface area contributed by atoms with Gasteiger partial charge in [0.15, 0.2) is 11.3 Å². The number of allylic oxidation sites excluding steroid dienone is 2. The number of hydrogen-bond donors (Lipinski definition) is 1. The normalized spacial score (nSPS) is 13.9. The van der Waals surface area contributed by atoms with Gasteiger partial charge in [-0.05, 0) is 51.8 Å². The Hall–Kier alpha value is -4.49. The average molecular weight is 520 g/mol. The maximum atomic E-state index is 11.9. The van der Waals surface area contributed by atoms with Gasteiger partial charge in [0.1, 0.15) is 42.6 Å². The maximum absolute atomic E-state index is 11.9. The molecule has 0 unspecified atom stereocenters. The fourth-order valence-corrected chi connectivity index (χ4v) is 3.65. The Labute approximate surface area is 223 Å². The second kappa shape index (κ2) is 12.7. The van der Waals surface area contributed by atoms with Crippen LogP contribution in [0.5, 0.6) is 0 Å². The Morgan fingerprint density at radius 1 is 1.08 bits per heavy atom. The van der Waals surface area contributed by atoms with Crippen LogP contribution in [0.15, 0.2) is 41.2 Å². The van der Waals surface area contributed by atoms with E-state index < -0.39 is 17.1 Å². The first kappa shape index (κ1) is 29.7. The number of carbonyl (C=O) groups is 2. The van der Waals surface area contributed by atoms with Crippen molar-refractivity contribution in [2.75, 3.05) is 38.3 Å². The molecule has 1 amide bonds. The van der Waals surface area contributed by atoms with Gasteiger partial charge in [0, 0.05) is 18.3 Å². The molecule has 2 rings (SSSR count). The number of rotatable bonds is 10. The smallest absolute Gasteiger partial charge is 0.407 e. The Balaban J connectivity index is 1.94. The number of likely N-dealkylation sites (N-methyl/N-ethyl adjacent to an activating group) is 1. The summed E-state index contributed by atoms with van der Waals surface area (Å²) in [5.41, 5.74) is 0.632. The zero-order valence-electron chi connectivity index (χ0n) is 22.7. The molecule has 0 saturated carbocycles. The Bertz CT molecular complexity index is 1220. The quantitative estimate of drug-likeness (QED) is 0.272. The molecule has 10 heteroatoms. The van der Waals surface area contributed by atoms with Gasteiger partial charge in [0.05, 0.1) is 18.5 Å². The SMILES string of the molecule is CCC(C)(C)C(=O)OCCNC(=O)OCCN(C)c1ccc(C2=C(C#N)C(=C(C#N)C#N)OC2(C)C)cc1. The molecule has 0 aliphatic carbocycles. The van der Waals surface area contributed by atoms with Crippen molar-refractivity contribution in [2.24, 2.45) is 5.41 Å². The Kier molecular flexibility index (Phi) is 9.90. The fourth-order valence-electron chi connectivity index (χ4n) is 3.65. The van der Waals surface area contributed by atoms with Crippen molar-refractivity contribution in [1.82, 2.24) is 5.32 Å². The minimum Gasteiger partial charge on any atom is -0.480 e. The summed E-state index contributed by atoms with van der Waals surface area (Å²) in [7, 11) is 1.85. The van der Waals surface area contributed by atoms with Gasteiger partial charge < -0.3 is 24.4 Å². The minimum absolute atomic E-state index is 0.00270. The highest BCUT2D eigenvalue weighted by Gasteiger charge is 2.40. The Morgan fingerprint density at radius 3 is 2.26 bits per heavy atom. The van der Waals surface area contributed by atoms with Gasteiger partial charge in [-0.25, -0.2) is 4.79 Å². The molecule has 0 aromatic heterocycles. The van der Waals surface area contributed by atoms with E-state index in [0.29, 0.717) is 18.5 Å². The molecule has 1 aromatic carbocycles. The predicted molar refractivity (Wildman–Crippen MR) is 140 cm³/mol. The van der Waals surface area contributed by atoms with Crippen LogP contribution in [0.4, 0.5) is 10.5 Å². The standard InChI is InChI=1S/C28H33N5O5/c1-7-27(2,3)25(34)36-14-12-32-26(35)37-15-13-33(6)21-10-8-19(9-11-21)23-22(18-31)24(20(16-29)17-30)38-28(23,4)5/h8-11H,7,12-15H2,1-6H3,(H,32,35). The van der Waals surface area contributed by atoms with E-state index >= 15 is 0 Å². The van der Waals surface area contributed by atoms with E-state index in [1.54, 1.807) is 39.8 Å². The summed E-state index contributed by atoms with van der Waals surface area (Å²) < 4.78 is 16.2. The van der Waals surface area contributed by atoms with Crippen molar-refractivity contribution in [2.45, 2.75) is 46.6 Å². The molecule has 38 heavy (non-hydrogen) atoms. The number of alkyl carbamates (subject to hydrolysis) is 1. The summed E-state index contributed by atoms with van der Waals surface area (Å²) >= 11 is 0. The van der Waals surface area contributed by atoms with Gasteiger partial charge in [-0.2, -0.15) is 15.8 Å². The number of nitriles is 3. The molecule has 200 valence electrons. The van der Waals surface area contributed by atoms with Crippen molar-refractivity contribution < 1.29 is 23.8 Å². The van der Waals surface area contributed by atoms with Crippen molar-refractivity contribution in [3.05, 3.63) is 46.7 Å². The molecule has 0 atom stereocenters. The first-order valence-electron chi connectivity index (χ1n) is 12.2. The highest BCUT2D eigenvalue weighted by molar-refractivity contribution is 5.84. The monoisotopic (exact) mass is 519 g/mol. The molecule has 0 spiro atoms. The lowest BCUT2D eigenvalue weighted by Gasteiger charge is -2.24. The molecule has 0 bridgehead atoms. The molecular formula is C28H33N5O5.